The van der Waals surface area contributed by atoms with Crippen LogP contribution < -0.4 is 11.4 Å². The van der Waals surface area contributed by atoms with Gasteiger partial charge in [0.25, 0.3) is 0 Å². The van der Waals surface area contributed by atoms with Crippen LogP contribution in [0.1, 0.15) is 37.8 Å². The predicted octanol–water partition coefficient (Wildman–Crippen LogP) is 1.72. The van der Waals surface area contributed by atoms with Gasteiger partial charge in [-0.05, 0) is 49.1 Å². The molecule has 2 heterocycles. The van der Waals surface area contributed by atoms with Crippen molar-refractivity contribution < 1.29 is 0 Å². The van der Waals surface area contributed by atoms with Crippen molar-refractivity contribution in [1.82, 2.24) is 13.9 Å². The van der Waals surface area contributed by atoms with Gasteiger partial charge in [-0.15, -0.1) is 0 Å². The largest absolute Gasteiger partial charge is 0.352 e. The summed E-state index contributed by atoms with van der Waals surface area (Å²) in [6.45, 7) is 0. The fourth-order valence-electron chi connectivity index (χ4n) is 5.89. The van der Waals surface area contributed by atoms with Gasteiger partial charge in [0.2, 0.25) is 0 Å². The van der Waals surface area contributed by atoms with Gasteiger partial charge in [0.1, 0.15) is 0 Å². The number of para-hydroxylation sites is 1. The van der Waals surface area contributed by atoms with E-state index in [4.69, 9.17) is 0 Å². The minimum Gasteiger partial charge on any atom is -0.245 e. The molecular formula is C17H17N3O2. The number of hydrogen-bond acceptors (Lipinski definition) is 2. The molecule has 4 unspecified atom stereocenters. The third kappa shape index (κ3) is 1.06. The van der Waals surface area contributed by atoms with Crippen LogP contribution in [-0.2, 0) is 0 Å². The Hall–Kier alpha value is -2.04. The summed E-state index contributed by atoms with van der Waals surface area (Å²) in [5.41, 5.74) is 0.863. The van der Waals surface area contributed by atoms with Crippen molar-refractivity contribution in [3.05, 3.63) is 51.3 Å². The van der Waals surface area contributed by atoms with Crippen LogP contribution >= 0.6 is 0 Å². The molecule has 3 aliphatic carbocycles. The highest BCUT2D eigenvalue weighted by Crippen LogP contribution is 2.76. The molecule has 4 atom stereocenters. The Labute approximate surface area is 126 Å². The van der Waals surface area contributed by atoms with Gasteiger partial charge in [0.15, 0.2) is 0 Å². The fourth-order valence-corrected chi connectivity index (χ4v) is 5.89. The maximum absolute atomic E-state index is 12.9. The van der Waals surface area contributed by atoms with Crippen molar-refractivity contribution in [2.24, 2.45) is 17.3 Å². The molecule has 6 rings (SSSR count). The number of aromatic nitrogens is 3. The molecule has 0 N–H and O–H groups in total. The summed E-state index contributed by atoms with van der Waals surface area (Å²) in [6.07, 6.45) is 4.96. The van der Waals surface area contributed by atoms with Crippen LogP contribution in [0, 0.1) is 17.3 Å². The van der Waals surface area contributed by atoms with Gasteiger partial charge in [-0.25, -0.2) is 23.5 Å². The van der Waals surface area contributed by atoms with Crippen molar-refractivity contribution in [3.8, 4) is 5.69 Å². The molecule has 5 heteroatoms. The van der Waals surface area contributed by atoms with Gasteiger partial charge in [0, 0.05) is 5.92 Å². The Bertz CT molecular complexity index is 916. The standard InChI is InChI=1S/C17H17N3O2/c21-15-18(11-4-2-1-3-5-11)16(22)20-14-10-8-12(19(15)20)13(14)17(9-10)6-7-17/h1-5,10,12-14H,6-9H2. The highest BCUT2D eigenvalue weighted by atomic mass is 16.2. The highest BCUT2D eigenvalue weighted by Gasteiger charge is 2.71. The summed E-state index contributed by atoms with van der Waals surface area (Å²) in [5.74, 6) is 1.16. The molecule has 2 aromatic rings. The minimum absolute atomic E-state index is 0.143. The summed E-state index contributed by atoms with van der Waals surface area (Å²) in [6, 6.07) is 9.83. The van der Waals surface area contributed by atoms with E-state index in [9.17, 15) is 9.59 Å². The van der Waals surface area contributed by atoms with Gasteiger partial charge in [-0.1, -0.05) is 18.2 Å². The second kappa shape index (κ2) is 3.31. The first-order chi connectivity index (χ1) is 10.7. The Morgan fingerprint density at radius 3 is 2.45 bits per heavy atom. The lowest BCUT2D eigenvalue weighted by Crippen LogP contribution is -2.33. The lowest BCUT2D eigenvalue weighted by Gasteiger charge is -2.28. The molecule has 0 amide bonds. The molecule has 1 aromatic carbocycles. The molecule has 0 radical (unpaired) electrons. The normalized spacial score (nSPS) is 35.3. The quantitative estimate of drug-likeness (QED) is 0.804. The van der Waals surface area contributed by atoms with Gasteiger partial charge < -0.3 is 0 Å². The van der Waals surface area contributed by atoms with Crippen LogP contribution in [0.25, 0.3) is 5.69 Å². The fraction of sp³-hybridized carbons (Fsp3) is 0.529. The zero-order valence-electron chi connectivity index (χ0n) is 12.2. The second-order valence-corrected chi connectivity index (χ2v) is 7.57. The van der Waals surface area contributed by atoms with E-state index in [2.05, 4.69) is 0 Å². The van der Waals surface area contributed by atoms with Gasteiger partial charge >= 0.3 is 11.4 Å². The average Bonchev–Trinajstić information content (AvgIpc) is 2.86. The maximum Gasteiger partial charge on any atom is 0.352 e. The first kappa shape index (κ1) is 11.5. The van der Waals surface area contributed by atoms with Crippen LogP contribution in [0.3, 0.4) is 0 Å². The molecule has 1 aliphatic heterocycles. The first-order valence-corrected chi connectivity index (χ1v) is 8.23. The summed E-state index contributed by atoms with van der Waals surface area (Å²) < 4.78 is 4.95. The monoisotopic (exact) mass is 295 g/mol. The second-order valence-electron chi connectivity index (χ2n) is 7.57. The van der Waals surface area contributed by atoms with Crippen LogP contribution in [0.4, 0.5) is 0 Å². The van der Waals surface area contributed by atoms with Crippen molar-refractivity contribution in [2.75, 3.05) is 0 Å². The summed E-state index contributed by atoms with van der Waals surface area (Å²) in [5, 5.41) is 0. The van der Waals surface area contributed by atoms with E-state index in [-0.39, 0.29) is 23.5 Å². The zero-order chi connectivity index (χ0) is 14.6. The lowest BCUT2D eigenvalue weighted by atomic mass is 9.82. The first-order valence-electron chi connectivity index (χ1n) is 8.23. The van der Waals surface area contributed by atoms with Crippen LogP contribution in [0.5, 0.6) is 0 Å². The van der Waals surface area contributed by atoms with Crippen molar-refractivity contribution in [3.63, 3.8) is 0 Å². The Balaban J connectivity index is 1.61. The Kier molecular flexibility index (Phi) is 1.73. The summed E-state index contributed by atoms with van der Waals surface area (Å²) >= 11 is 0. The third-order valence-corrected chi connectivity index (χ3v) is 6.70. The molecule has 1 spiro atoms. The molecule has 3 saturated carbocycles. The van der Waals surface area contributed by atoms with E-state index < -0.39 is 0 Å². The molecular weight excluding hydrogens is 278 g/mol. The molecule has 0 saturated heterocycles. The molecule has 22 heavy (non-hydrogen) atoms. The van der Waals surface area contributed by atoms with Gasteiger partial charge in [-0.3, -0.25) is 0 Å². The Morgan fingerprint density at radius 1 is 1.00 bits per heavy atom. The number of benzene rings is 1. The van der Waals surface area contributed by atoms with Gasteiger partial charge in [0.05, 0.1) is 17.8 Å². The number of rotatable bonds is 1. The van der Waals surface area contributed by atoms with E-state index in [0.717, 1.165) is 6.42 Å². The smallest absolute Gasteiger partial charge is 0.245 e. The SMILES string of the molecule is O=c1n(-c2ccccc2)c(=O)n2n1C1CC3CC4(CC4)C1C32. The molecule has 4 aliphatic rings. The number of fused-ring (bicyclic) bond motifs is 2. The molecule has 3 fully saturated rings. The molecule has 5 nitrogen and oxygen atoms in total. The number of hydrogen-bond donors (Lipinski definition) is 0. The predicted molar refractivity (Wildman–Crippen MR) is 80.2 cm³/mol. The van der Waals surface area contributed by atoms with Crippen molar-refractivity contribution in [2.45, 2.75) is 37.8 Å². The van der Waals surface area contributed by atoms with E-state index >= 15 is 0 Å². The highest BCUT2D eigenvalue weighted by molar-refractivity contribution is 5.31. The number of nitrogens with zero attached hydrogens (tertiary/aromatic N) is 3. The Morgan fingerprint density at radius 2 is 1.73 bits per heavy atom. The third-order valence-electron chi connectivity index (χ3n) is 6.70. The van der Waals surface area contributed by atoms with Crippen LogP contribution in [0.2, 0.25) is 0 Å². The minimum atomic E-state index is -0.148. The van der Waals surface area contributed by atoms with Crippen LogP contribution in [-0.4, -0.2) is 13.9 Å². The van der Waals surface area contributed by atoms with E-state index in [1.165, 1.54) is 23.8 Å². The zero-order valence-corrected chi connectivity index (χ0v) is 12.2. The van der Waals surface area contributed by atoms with Crippen molar-refractivity contribution in [1.29, 1.82) is 0 Å². The van der Waals surface area contributed by atoms with Gasteiger partial charge in [-0.2, -0.15) is 0 Å². The lowest BCUT2D eigenvalue weighted by molar-refractivity contribution is 0.211. The van der Waals surface area contributed by atoms with E-state index in [0.29, 0.717) is 22.9 Å². The van der Waals surface area contributed by atoms with Crippen molar-refractivity contribution >= 4 is 0 Å². The summed E-state index contributed by atoms with van der Waals surface area (Å²) in [4.78, 5) is 25.8. The topological polar surface area (TPSA) is 48.9 Å². The van der Waals surface area contributed by atoms with E-state index in [1.54, 1.807) is 4.68 Å². The average molecular weight is 295 g/mol. The molecule has 4 bridgehead atoms. The molecule has 1 aromatic heterocycles. The molecule has 112 valence electrons. The van der Waals surface area contributed by atoms with Crippen LogP contribution in [0.15, 0.2) is 39.9 Å². The maximum atomic E-state index is 12.9. The van der Waals surface area contributed by atoms with E-state index in [1.807, 2.05) is 35.0 Å². The summed E-state index contributed by atoms with van der Waals surface area (Å²) in [7, 11) is 0.